The summed E-state index contributed by atoms with van der Waals surface area (Å²) in [6, 6.07) is 8.71. The molecule has 1 aromatic heterocycles. The number of sulfonamides is 1. The molecule has 3 rings (SSSR count). The first-order valence-electron chi connectivity index (χ1n) is 6.90. The molecule has 26 heavy (non-hydrogen) atoms. The van der Waals surface area contributed by atoms with Gasteiger partial charge >= 0.3 is 6.18 Å². The lowest BCUT2D eigenvalue weighted by Crippen LogP contribution is -2.14. The van der Waals surface area contributed by atoms with Gasteiger partial charge in [-0.2, -0.15) is 13.2 Å². The van der Waals surface area contributed by atoms with Crippen molar-refractivity contribution in [2.45, 2.75) is 11.1 Å². The summed E-state index contributed by atoms with van der Waals surface area (Å²) in [5, 5.41) is 10.6. The fourth-order valence-corrected chi connectivity index (χ4v) is 3.65. The van der Waals surface area contributed by atoms with Gasteiger partial charge in [0.05, 0.1) is 16.1 Å². The summed E-state index contributed by atoms with van der Waals surface area (Å²) in [6.45, 7) is 0. The lowest BCUT2D eigenvalue weighted by molar-refractivity contribution is -0.138. The highest BCUT2D eigenvalue weighted by Crippen LogP contribution is 2.36. The standard InChI is InChI=1S/C14H9BrF3N5O2S/c15-13-5-4-9(6-12(13)14(16,17)18)20-26(24,25)11-3-1-2-10(7-11)23-8-19-21-22-23/h1-8,20H. The van der Waals surface area contributed by atoms with Crippen molar-refractivity contribution in [2.75, 3.05) is 4.72 Å². The molecule has 2 aromatic carbocycles. The summed E-state index contributed by atoms with van der Waals surface area (Å²) in [5.41, 5.74) is -0.821. The summed E-state index contributed by atoms with van der Waals surface area (Å²) in [7, 11) is -4.12. The lowest BCUT2D eigenvalue weighted by Gasteiger charge is -2.13. The highest BCUT2D eigenvalue weighted by molar-refractivity contribution is 9.10. The van der Waals surface area contributed by atoms with E-state index < -0.39 is 21.8 Å². The quantitative estimate of drug-likeness (QED) is 0.662. The van der Waals surface area contributed by atoms with Crippen LogP contribution in [0.1, 0.15) is 5.56 Å². The summed E-state index contributed by atoms with van der Waals surface area (Å²) in [5.74, 6) is 0. The predicted octanol–water partition coefficient (Wildman–Crippen LogP) is 3.24. The van der Waals surface area contributed by atoms with Gasteiger partial charge in [-0.1, -0.05) is 22.0 Å². The third-order valence-corrected chi connectivity index (χ3v) is 5.34. The highest BCUT2D eigenvalue weighted by atomic mass is 79.9. The molecule has 0 fully saturated rings. The molecule has 0 saturated heterocycles. The van der Waals surface area contributed by atoms with Crippen LogP contribution < -0.4 is 4.72 Å². The number of tetrazole rings is 1. The van der Waals surface area contributed by atoms with Gasteiger partial charge in [-0.3, -0.25) is 4.72 Å². The van der Waals surface area contributed by atoms with E-state index >= 15 is 0 Å². The van der Waals surface area contributed by atoms with Crippen LogP contribution in [-0.2, 0) is 16.2 Å². The molecular weight excluding hydrogens is 439 g/mol. The molecule has 0 aliphatic rings. The van der Waals surface area contributed by atoms with Gasteiger partial charge in [-0.15, -0.1) is 5.10 Å². The number of anilines is 1. The first kappa shape index (κ1) is 18.3. The third kappa shape index (κ3) is 3.85. The van der Waals surface area contributed by atoms with Crippen LogP contribution in [0.5, 0.6) is 0 Å². The van der Waals surface area contributed by atoms with Crippen molar-refractivity contribution in [1.29, 1.82) is 0 Å². The molecule has 136 valence electrons. The van der Waals surface area contributed by atoms with Crippen LogP contribution in [0.2, 0.25) is 0 Å². The van der Waals surface area contributed by atoms with Gasteiger partial charge in [0.1, 0.15) is 6.33 Å². The second-order valence-electron chi connectivity index (χ2n) is 5.05. The van der Waals surface area contributed by atoms with E-state index in [0.29, 0.717) is 11.8 Å². The van der Waals surface area contributed by atoms with Crippen LogP contribution in [0.4, 0.5) is 18.9 Å². The van der Waals surface area contributed by atoms with E-state index in [-0.39, 0.29) is 15.1 Å². The van der Waals surface area contributed by atoms with Crippen molar-refractivity contribution in [3.05, 3.63) is 58.8 Å². The van der Waals surface area contributed by atoms with E-state index in [4.69, 9.17) is 0 Å². The van der Waals surface area contributed by atoms with Crippen molar-refractivity contribution < 1.29 is 21.6 Å². The number of nitrogens with zero attached hydrogens (tertiary/aromatic N) is 4. The van der Waals surface area contributed by atoms with Gasteiger partial charge in [-0.05, 0) is 46.8 Å². The van der Waals surface area contributed by atoms with Crippen LogP contribution in [0.15, 0.2) is 58.2 Å². The van der Waals surface area contributed by atoms with E-state index in [9.17, 15) is 21.6 Å². The van der Waals surface area contributed by atoms with E-state index in [1.54, 1.807) is 6.07 Å². The second kappa shape index (κ2) is 6.68. The fraction of sp³-hybridized carbons (Fsp3) is 0.0714. The van der Waals surface area contributed by atoms with Gasteiger partial charge in [0.15, 0.2) is 0 Å². The van der Waals surface area contributed by atoms with Crippen molar-refractivity contribution in [3.8, 4) is 5.69 Å². The molecule has 0 unspecified atom stereocenters. The Morgan fingerprint density at radius 1 is 1.12 bits per heavy atom. The van der Waals surface area contributed by atoms with E-state index in [1.807, 2.05) is 0 Å². The maximum atomic E-state index is 13.0. The highest BCUT2D eigenvalue weighted by Gasteiger charge is 2.33. The Labute approximate surface area is 154 Å². The van der Waals surface area contributed by atoms with Gasteiger partial charge in [0.25, 0.3) is 10.0 Å². The van der Waals surface area contributed by atoms with Gasteiger partial charge in [-0.25, -0.2) is 13.1 Å². The summed E-state index contributed by atoms with van der Waals surface area (Å²) in [4.78, 5) is -0.151. The molecule has 0 aliphatic carbocycles. The third-order valence-electron chi connectivity index (χ3n) is 3.27. The summed E-state index contributed by atoms with van der Waals surface area (Å²) >= 11 is 2.80. The molecular formula is C14H9BrF3N5O2S. The number of halogens is 4. The Morgan fingerprint density at radius 2 is 1.88 bits per heavy atom. The molecule has 1 heterocycles. The Bertz CT molecular complexity index is 1040. The zero-order valence-corrected chi connectivity index (χ0v) is 15.0. The number of rotatable bonds is 4. The molecule has 0 bridgehead atoms. The monoisotopic (exact) mass is 447 g/mol. The predicted molar refractivity (Wildman–Crippen MR) is 89.1 cm³/mol. The van der Waals surface area contributed by atoms with Crippen LogP contribution in [-0.4, -0.2) is 28.6 Å². The number of hydrogen-bond acceptors (Lipinski definition) is 5. The number of aromatic nitrogens is 4. The van der Waals surface area contributed by atoms with Crippen LogP contribution in [0.3, 0.4) is 0 Å². The number of nitrogens with one attached hydrogen (secondary N) is 1. The minimum Gasteiger partial charge on any atom is -0.280 e. The summed E-state index contributed by atoms with van der Waals surface area (Å²) in [6.07, 6.45) is -3.34. The number of alkyl halides is 3. The Balaban J connectivity index is 1.94. The maximum Gasteiger partial charge on any atom is 0.417 e. The largest absolute Gasteiger partial charge is 0.417 e. The van der Waals surface area contributed by atoms with Crippen LogP contribution >= 0.6 is 15.9 Å². The van der Waals surface area contributed by atoms with E-state index in [1.165, 1.54) is 35.3 Å². The minimum absolute atomic E-state index is 0.151. The Kier molecular flexibility index (Phi) is 4.71. The molecule has 7 nitrogen and oxygen atoms in total. The van der Waals surface area contributed by atoms with E-state index in [0.717, 1.165) is 6.07 Å². The Morgan fingerprint density at radius 3 is 2.54 bits per heavy atom. The van der Waals surface area contributed by atoms with Crippen molar-refractivity contribution in [2.24, 2.45) is 0 Å². The minimum atomic E-state index is -4.62. The molecule has 3 aromatic rings. The summed E-state index contributed by atoms with van der Waals surface area (Å²) < 4.78 is 67.1. The SMILES string of the molecule is O=S(=O)(Nc1ccc(Br)c(C(F)(F)F)c1)c1cccc(-n2cnnn2)c1. The number of hydrogen-bond donors (Lipinski definition) is 1. The molecule has 0 atom stereocenters. The molecule has 1 N–H and O–H groups in total. The molecule has 12 heteroatoms. The van der Waals surface area contributed by atoms with E-state index in [2.05, 4.69) is 36.2 Å². The lowest BCUT2D eigenvalue weighted by atomic mass is 10.2. The number of benzene rings is 2. The van der Waals surface area contributed by atoms with Crippen molar-refractivity contribution in [1.82, 2.24) is 20.2 Å². The molecule has 0 spiro atoms. The first-order valence-corrected chi connectivity index (χ1v) is 9.17. The van der Waals surface area contributed by atoms with Crippen molar-refractivity contribution in [3.63, 3.8) is 0 Å². The Hall–Kier alpha value is -2.47. The average Bonchev–Trinajstić information content (AvgIpc) is 3.10. The van der Waals surface area contributed by atoms with Crippen LogP contribution in [0.25, 0.3) is 5.69 Å². The fourth-order valence-electron chi connectivity index (χ4n) is 2.09. The molecule has 0 aliphatic heterocycles. The molecule has 0 radical (unpaired) electrons. The molecule has 0 saturated carbocycles. The molecule has 0 amide bonds. The van der Waals surface area contributed by atoms with Gasteiger partial charge in [0.2, 0.25) is 0 Å². The average molecular weight is 448 g/mol. The second-order valence-corrected chi connectivity index (χ2v) is 7.59. The van der Waals surface area contributed by atoms with Crippen LogP contribution in [0, 0.1) is 0 Å². The smallest absolute Gasteiger partial charge is 0.280 e. The topological polar surface area (TPSA) is 89.8 Å². The zero-order valence-electron chi connectivity index (χ0n) is 12.6. The van der Waals surface area contributed by atoms with Crippen molar-refractivity contribution >= 4 is 31.6 Å². The van der Waals surface area contributed by atoms with Gasteiger partial charge < -0.3 is 0 Å². The normalized spacial score (nSPS) is 12.2. The maximum absolute atomic E-state index is 13.0. The first-order chi connectivity index (χ1) is 12.2. The zero-order chi connectivity index (χ0) is 18.9. The van der Waals surface area contributed by atoms with Gasteiger partial charge in [0, 0.05) is 10.2 Å².